The van der Waals surface area contributed by atoms with Crippen LogP contribution in [0.2, 0.25) is 0 Å². The van der Waals surface area contributed by atoms with Crippen LogP contribution in [-0.2, 0) is 11.2 Å². The van der Waals surface area contributed by atoms with Crippen molar-refractivity contribution in [3.8, 4) is 0 Å². The third-order valence-corrected chi connectivity index (χ3v) is 4.05. The van der Waals surface area contributed by atoms with E-state index >= 15 is 0 Å². The number of aromatic amines is 1. The molecule has 3 rings (SSSR count). The number of hydrogen-bond donors (Lipinski definition) is 1. The Labute approximate surface area is 134 Å². The van der Waals surface area contributed by atoms with Gasteiger partial charge in [0.05, 0.1) is 17.6 Å². The largest absolute Gasteiger partial charge is 0.312 e. The van der Waals surface area contributed by atoms with Crippen LogP contribution < -0.4 is 9.80 Å². The number of likely N-dealkylation sites (N-methyl/N-ethyl adjacent to an activating group) is 1. The van der Waals surface area contributed by atoms with E-state index in [-0.39, 0.29) is 11.8 Å². The minimum absolute atomic E-state index is 0.0587. The minimum Gasteiger partial charge on any atom is -0.312 e. The predicted molar refractivity (Wildman–Crippen MR) is 88.6 cm³/mol. The summed E-state index contributed by atoms with van der Waals surface area (Å²) in [4.78, 5) is 27.6. The lowest BCUT2D eigenvalue weighted by molar-refractivity contribution is -0.113. The van der Waals surface area contributed by atoms with Crippen LogP contribution in [0.25, 0.3) is 0 Å². The summed E-state index contributed by atoms with van der Waals surface area (Å²) < 4.78 is 0. The van der Waals surface area contributed by atoms with E-state index in [1.165, 1.54) is 11.0 Å². The van der Waals surface area contributed by atoms with E-state index in [0.717, 1.165) is 24.2 Å². The molecule has 0 spiro atoms. The Morgan fingerprint density at radius 1 is 1.35 bits per heavy atom. The quantitative estimate of drug-likeness (QED) is 0.883. The molecule has 0 fully saturated rings. The Morgan fingerprint density at radius 3 is 2.78 bits per heavy atom. The number of H-pyrrole nitrogens is 1. The van der Waals surface area contributed by atoms with Gasteiger partial charge in [-0.15, -0.1) is 0 Å². The zero-order valence-corrected chi connectivity index (χ0v) is 13.0. The van der Waals surface area contributed by atoms with Crippen LogP contribution in [0, 0.1) is 0 Å². The molecule has 1 aliphatic heterocycles. The smallest absolute Gasteiger partial charge is 0.258 e. The van der Waals surface area contributed by atoms with Gasteiger partial charge in [0, 0.05) is 24.8 Å². The van der Waals surface area contributed by atoms with Crippen molar-refractivity contribution in [3.05, 3.63) is 54.4 Å². The van der Waals surface area contributed by atoms with Crippen molar-refractivity contribution in [3.63, 3.8) is 0 Å². The van der Waals surface area contributed by atoms with Gasteiger partial charge in [-0.2, -0.15) is 5.10 Å². The van der Waals surface area contributed by atoms with E-state index in [2.05, 4.69) is 16.8 Å². The van der Waals surface area contributed by atoms with Crippen LogP contribution in [0.3, 0.4) is 0 Å². The molecule has 0 saturated heterocycles. The molecule has 2 amide bonds. The number of anilines is 2. The van der Waals surface area contributed by atoms with Crippen molar-refractivity contribution < 1.29 is 9.59 Å². The highest BCUT2D eigenvalue weighted by atomic mass is 16.2. The van der Waals surface area contributed by atoms with E-state index in [1.54, 1.807) is 42.4 Å². The van der Waals surface area contributed by atoms with Crippen LogP contribution in [0.5, 0.6) is 0 Å². The molecule has 1 N–H and O–H groups in total. The topological polar surface area (TPSA) is 69.3 Å². The number of fused-ring (bicyclic) bond motifs is 1. The highest BCUT2D eigenvalue weighted by Crippen LogP contribution is 2.26. The van der Waals surface area contributed by atoms with Gasteiger partial charge in [0.2, 0.25) is 5.91 Å². The molecule has 6 nitrogen and oxygen atoms in total. The lowest BCUT2D eigenvalue weighted by Crippen LogP contribution is -2.35. The summed E-state index contributed by atoms with van der Waals surface area (Å²) in [6, 6.07) is 6.99. The highest BCUT2D eigenvalue weighted by Gasteiger charge is 2.25. The molecule has 0 atom stereocenters. The van der Waals surface area contributed by atoms with Crippen molar-refractivity contribution in [2.45, 2.75) is 12.8 Å². The van der Waals surface area contributed by atoms with Crippen LogP contribution in [0.4, 0.5) is 11.4 Å². The number of hydrogen-bond acceptors (Lipinski definition) is 3. The fraction of sp³-hybridized carbons (Fsp3) is 0.235. The summed E-state index contributed by atoms with van der Waals surface area (Å²) in [6.45, 7) is 4.15. The summed E-state index contributed by atoms with van der Waals surface area (Å²) in [6.07, 6.45) is 4.77. The zero-order valence-electron chi connectivity index (χ0n) is 13.0. The van der Waals surface area contributed by atoms with Crippen molar-refractivity contribution in [2.24, 2.45) is 0 Å². The lowest BCUT2D eigenvalue weighted by atomic mass is 10.1. The number of aromatic nitrogens is 2. The Morgan fingerprint density at radius 2 is 2.09 bits per heavy atom. The Bertz CT molecular complexity index is 748. The number of benzene rings is 1. The van der Waals surface area contributed by atoms with Gasteiger partial charge in [-0.1, -0.05) is 6.58 Å². The molecule has 1 aromatic heterocycles. The second kappa shape index (κ2) is 6.08. The van der Waals surface area contributed by atoms with Crippen LogP contribution in [0.1, 0.15) is 22.5 Å². The van der Waals surface area contributed by atoms with Gasteiger partial charge in [0.15, 0.2) is 0 Å². The molecule has 0 unspecified atom stereocenters. The molecule has 0 saturated carbocycles. The van der Waals surface area contributed by atoms with Gasteiger partial charge in [0.25, 0.3) is 5.91 Å². The molecule has 0 radical (unpaired) electrons. The molecule has 2 aromatic rings. The number of amides is 2. The number of nitrogens with one attached hydrogen (secondary N) is 1. The predicted octanol–water partition coefficient (Wildman–Crippen LogP) is 2.15. The van der Waals surface area contributed by atoms with Gasteiger partial charge >= 0.3 is 0 Å². The highest BCUT2D eigenvalue weighted by molar-refractivity contribution is 6.07. The third kappa shape index (κ3) is 2.75. The first-order valence-electron chi connectivity index (χ1n) is 7.46. The van der Waals surface area contributed by atoms with E-state index in [0.29, 0.717) is 17.8 Å². The molecule has 6 heteroatoms. The number of nitrogens with zero attached hydrogens (tertiary/aromatic N) is 3. The Balaban J connectivity index is 1.82. The van der Waals surface area contributed by atoms with Crippen molar-refractivity contribution in [1.82, 2.24) is 10.2 Å². The molecular weight excluding hydrogens is 292 g/mol. The van der Waals surface area contributed by atoms with Crippen LogP contribution in [-0.4, -0.2) is 35.6 Å². The van der Waals surface area contributed by atoms with Crippen molar-refractivity contribution >= 4 is 23.2 Å². The first-order chi connectivity index (χ1) is 11.1. The SMILES string of the molecule is C=CC(=O)N(C)c1ccc(C(=O)N2CCCc3[nH]ncc32)cc1. The zero-order chi connectivity index (χ0) is 16.4. The van der Waals surface area contributed by atoms with Gasteiger partial charge in [-0.25, -0.2) is 0 Å². The molecule has 118 valence electrons. The normalized spacial score (nSPS) is 13.3. The van der Waals surface area contributed by atoms with E-state index < -0.39 is 0 Å². The lowest BCUT2D eigenvalue weighted by Gasteiger charge is -2.26. The molecule has 23 heavy (non-hydrogen) atoms. The molecule has 0 aliphatic carbocycles. The van der Waals surface area contributed by atoms with Crippen molar-refractivity contribution in [2.75, 3.05) is 23.4 Å². The average molecular weight is 310 g/mol. The molecule has 2 heterocycles. The monoisotopic (exact) mass is 310 g/mol. The standard InChI is InChI=1S/C17H18N4O2/c1-3-16(22)20(2)13-8-6-12(7-9-13)17(23)21-10-4-5-14-15(21)11-18-19-14/h3,6-9,11H,1,4-5,10H2,2H3,(H,18,19). The fourth-order valence-corrected chi connectivity index (χ4v) is 2.72. The molecule has 0 bridgehead atoms. The van der Waals surface area contributed by atoms with Gasteiger partial charge in [-0.3, -0.25) is 14.7 Å². The van der Waals surface area contributed by atoms with E-state index in [4.69, 9.17) is 0 Å². The second-order valence-corrected chi connectivity index (χ2v) is 5.44. The summed E-state index contributed by atoms with van der Waals surface area (Å²) in [5, 5.41) is 6.96. The van der Waals surface area contributed by atoms with Crippen LogP contribution >= 0.6 is 0 Å². The molecule has 1 aromatic carbocycles. The van der Waals surface area contributed by atoms with E-state index in [9.17, 15) is 9.59 Å². The second-order valence-electron chi connectivity index (χ2n) is 5.44. The maximum atomic E-state index is 12.7. The average Bonchev–Trinajstić information content (AvgIpc) is 3.08. The number of aryl methyl sites for hydroxylation is 1. The van der Waals surface area contributed by atoms with Gasteiger partial charge in [0.1, 0.15) is 0 Å². The number of carbonyl (C=O) groups excluding carboxylic acids is 2. The van der Waals surface area contributed by atoms with Crippen LogP contribution in [0.15, 0.2) is 43.1 Å². The first kappa shape index (κ1) is 15.0. The summed E-state index contributed by atoms with van der Waals surface area (Å²) in [7, 11) is 1.67. The molecular formula is C17H18N4O2. The van der Waals surface area contributed by atoms with E-state index in [1.807, 2.05) is 0 Å². The third-order valence-electron chi connectivity index (χ3n) is 4.05. The number of carbonyl (C=O) groups is 2. The fourth-order valence-electron chi connectivity index (χ4n) is 2.72. The minimum atomic E-state index is -0.192. The number of rotatable bonds is 3. The maximum Gasteiger partial charge on any atom is 0.258 e. The van der Waals surface area contributed by atoms with Gasteiger partial charge in [-0.05, 0) is 43.2 Å². The first-order valence-corrected chi connectivity index (χ1v) is 7.46. The van der Waals surface area contributed by atoms with Crippen molar-refractivity contribution in [1.29, 1.82) is 0 Å². The summed E-state index contributed by atoms with van der Waals surface area (Å²) in [5.41, 5.74) is 3.15. The summed E-state index contributed by atoms with van der Waals surface area (Å²) >= 11 is 0. The Kier molecular flexibility index (Phi) is 3.97. The summed E-state index contributed by atoms with van der Waals surface area (Å²) in [5.74, 6) is -0.250. The maximum absolute atomic E-state index is 12.7. The van der Waals surface area contributed by atoms with Gasteiger partial charge < -0.3 is 9.80 Å². The molecule has 1 aliphatic rings. The Hall–Kier alpha value is -2.89.